The number of piperazine rings is 1. The molecule has 6 nitrogen and oxygen atoms in total. The van der Waals surface area contributed by atoms with E-state index in [1.807, 2.05) is 29.8 Å². The number of nitrogens with one attached hydrogen (secondary N) is 1. The van der Waals surface area contributed by atoms with Gasteiger partial charge in [-0.3, -0.25) is 0 Å². The second kappa shape index (κ2) is 6.88. The number of anilines is 1. The summed E-state index contributed by atoms with van der Waals surface area (Å²) in [7, 11) is 2.24. The van der Waals surface area contributed by atoms with E-state index in [4.69, 9.17) is 9.97 Å². The molecule has 0 spiro atoms. The number of rotatable bonds is 3. The Morgan fingerprint density at radius 3 is 2.27 bits per heavy atom. The number of benzene rings is 1. The second-order valence-corrected chi connectivity index (χ2v) is 7.06. The molecule has 1 aromatic carbocycles. The number of likely N-dealkylation sites (N-methyl/N-ethyl adjacent to an activating group) is 1. The minimum absolute atomic E-state index is 0.747. The zero-order valence-corrected chi connectivity index (χ0v) is 15.6. The number of quaternary nitrogens is 1. The van der Waals surface area contributed by atoms with Crippen molar-refractivity contribution in [3.63, 3.8) is 0 Å². The third-order valence-electron chi connectivity index (χ3n) is 4.90. The number of hydrogen-bond donors (Lipinski definition) is 1. The van der Waals surface area contributed by atoms with Crippen LogP contribution in [0.25, 0.3) is 17.2 Å². The molecule has 0 radical (unpaired) electrons. The van der Waals surface area contributed by atoms with E-state index in [-0.39, 0.29) is 0 Å². The van der Waals surface area contributed by atoms with Crippen LogP contribution in [0, 0.1) is 13.8 Å². The molecule has 0 amide bonds. The van der Waals surface area contributed by atoms with Crippen molar-refractivity contribution in [1.29, 1.82) is 0 Å². The minimum Gasteiger partial charge on any atom is -0.345 e. The maximum absolute atomic E-state index is 4.88. The SMILES string of the molecule is Cc1cc(C)n(-c2cc(N3CC[NH+](C)CC3)nc(-c3ccccc3)n2)n1. The first-order valence-electron chi connectivity index (χ1n) is 9.14. The fourth-order valence-electron chi connectivity index (χ4n) is 3.39. The van der Waals surface area contributed by atoms with Crippen molar-refractivity contribution in [1.82, 2.24) is 19.7 Å². The van der Waals surface area contributed by atoms with Crippen LogP contribution in [-0.2, 0) is 0 Å². The van der Waals surface area contributed by atoms with Crippen LogP contribution in [0.2, 0.25) is 0 Å². The summed E-state index contributed by atoms with van der Waals surface area (Å²) in [5.41, 5.74) is 3.10. The second-order valence-electron chi connectivity index (χ2n) is 7.06. The molecule has 6 heteroatoms. The smallest absolute Gasteiger partial charge is 0.163 e. The molecule has 1 N–H and O–H groups in total. The summed E-state index contributed by atoms with van der Waals surface area (Å²) in [6.45, 7) is 8.33. The van der Waals surface area contributed by atoms with Crippen molar-refractivity contribution in [3.8, 4) is 17.2 Å². The molecule has 3 aromatic rings. The highest BCUT2D eigenvalue weighted by Gasteiger charge is 2.20. The van der Waals surface area contributed by atoms with E-state index in [0.29, 0.717) is 0 Å². The van der Waals surface area contributed by atoms with Gasteiger partial charge in [-0.1, -0.05) is 30.3 Å². The minimum atomic E-state index is 0.747. The number of aromatic nitrogens is 4. The summed E-state index contributed by atoms with van der Waals surface area (Å²) in [6, 6.07) is 14.3. The monoisotopic (exact) mass is 349 g/mol. The number of hydrogen-bond acceptors (Lipinski definition) is 4. The lowest BCUT2D eigenvalue weighted by Crippen LogP contribution is -3.12. The van der Waals surface area contributed by atoms with Gasteiger partial charge in [0.15, 0.2) is 11.6 Å². The quantitative estimate of drug-likeness (QED) is 0.774. The highest BCUT2D eigenvalue weighted by Crippen LogP contribution is 2.23. The predicted octanol–water partition coefficient (Wildman–Crippen LogP) is 1.28. The van der Waals surface area contributed by atoms with Gasteiger partial charge in [0.2, 0.25) is 0 Å². The maximum atomic E-state index is 4.88. The molecular formula is C20H25N6+. The van der Waals surface area contributed by atoms with Crippen molar-refractivity contribution >= 4 is 5.82 Å². The topological polar surface area (TPSA) is 51.3 Å². The molecule has 1 aliphatic heterocycles. The summed E-state index contributed by atoms with van der Waals surface area (Å²) in [5.74, 6) is 2.55. The van der Waals surface area contributed by atoms with E-state index >= 15 is 0 Å². The van der Waals surface area contributed by atoms with Gasteiger partial charge < -0.3 is 9.80 Å². The van der Waals surface area contributed by atoms with Crippen LogP contribution in [0.15, 0.2) is 42.5 Å². The Kier molecular flexibility index (Phi) is 4.42. The molecule has 2 aromatic heterocycles. The molecule has 4 rings (SSSR count). The molecule has 0 saturated carbocycles. The highest BCUT2D eigenvalue weighted by molar-refractivity contribution is 5.59. The van der Waals surface area contributed by atoms with Crippen LogP contribution in [0.3, 0.4) is 0 Å². The largest absolute Gasteiger partial charge is 0.345 e. The third-order valence-corrected chi connectivity index (χ3v) is 4.90. The van der Waals surface area contributed by atoms with Crippen molar-refractivity contribution in [2.24, 2.45) is 0 Å². The van der Waals surface area contributed by atoms with E-state index in [2.05, 4.69) is 48.2 Å². The van der Waals surface area contributed by atoms with Crippen LogP contribution in [0.5, 0.6) is 0 Å². The van der Waals surface area contributed by atoms with Crippen LogP contribution >= 0.6 is 0 Å². The van der Waals surface area contributed by atoms with Gasteiger partial charge in [-0.05, 0) is 19.9 Å². The van der Waals surface area contributed by atoms with Crippen LogP contribution in [0.4, 0.5) is 5.82 Å². The van der Waals surface area contributed by atoms with Crippen molar-refractivity contribution in [2.75, 3.05) is 38.1 Å². The summed E-state index contributed by atoms with van der Waals surface area (Å²) >= 11 is 0. The van der Waals surface area contributed by atoms with E-state index in [1.165, 1.54) is 0 Å². The lowest BCUT2D eigenvalue weighted by Gasteiger charge is -2.31. The van der Waals surface area contributed by atoms with Gasteiger partial charge in [0.1, 0.15) is 5.82 Å². The van der Waals surface area contributed by atoms with Gasteiger partial charge >= 0.3 is 0 Å². The molecule has 0 unspecified atom stereocenters. The molecule has 26 heavy (non-hydrogen) atoms. The predicted molar refractivity (Wildman–Crippen MR) is 103 cm³/mol. The lowest BCUT2D eigenvalue weighted by atomic mass is 10.2. The molecule has 134 valence electrons. The molecule has 1 aliphatic rings. The Labute approximate surface area is 154 Å². The van der Waals surface area contributed by atoms with Gasteiger partial charge in [-0.25, -0.2) is 14.6 Å². The molecule has 0 aliphatic carbocycles. The van der Waals surface area contributed by atoms with E-state index in [0.717, 1.165) is 60.6 Å². The molecule has 1 saturated heterocycles. The number of aryl methyl sites for hydroxylation is 2. The molecular weight excluding hydrogens is 324 g/mol. The third kappa shape index (κ3) is 3.32. The van der Waals surface area contributed by atoms with Crippen LogP contribution < -0.4 is 9.80 Å². The number of nitrogens with zero attached hydrogens (tertiary/aromatic N) is 5. The standard InChI is InChI=1S/C20H24N6/c1-15-13-16(2)26(23-15)19-14-18(25-11-9-24(3)10-12-25)21-20(22-19)17-7-5-4-6-8-17/h4-8,13-14H,9-12H2,1-3H3/p+1. The highest BCUT2D eigenvalue weighted by atomic mass is 15.3. The average molecular weight is 349 g/mol. The van der Waals surface area contributed by atoms with Gasteiger partial charge in [0, 0.05) is 17.3 Å². The Balaban J connectivity index is 1.81. The summed E-state index contributed by atoms with van der Waals surface area (Å²) < 4.78 is 1.91. The van der Waals surface area contributed by atoms with Crippen LogP contribution in [0.1, 0.15) is 11.4 Å². The van der Waals surface area contributed by atoms with E-state index in [9.17, 15) is 0 Å². The van der Waals surface area contributed by atoms with Gasteiger partial charge in [0.25, 0.3) is 0 Å². The fraction of sp³-hybridized carbons (Fsp3) is 0.350. The molecule has 3 heterocycles. The Hall–Kier alpha value is -2.73. The maximum Gasteiger partial charge on any atom is 0.163 e. The summed E-state index contributed by atoms with van der Waals surface area (Å²) in [5, 5.41) is 4.62. The van der Waals surface area contributed by atoms with E-state index < -0.39 is 0 Å². The summed E-state index contributed by atoms with van der Waals surface area (Å²) in [4.78, 5) is 13.6. The molecule has 0 atom stereocenters. The van der Waals surface area contributed by atoms with Gasteiger partial charge in [-0.2, -0.15) is 5.10 Å². The average Bonchev–Trinajstić information content (AvgIpc) is 3.01. The first kappa shape index (κ1) is 16.7. The fourth-order valence-corrected chi connectivity index (χ4v) is 3.39. The first-order chi connectivity index (χ1) is 12.6. The molecule has 0 bridgehead atoms. The zero-order valence-electron chi connectivity index (χ0n) is 15.6. The van der Waals surface area contributed by atoms with Crippen molar-refractivity contribution in [3.05, 3.63) is 53.9 Å². The normalized spacial score (nSPS) is 15.4. The Morgan fingerprint density at radius 1 is 0.923 bits per heavy atom. The summed E-state index contributed by atoms with van der Waals surface area (Å²) in [6.07, 6.45) is 0. The van der Waals surface area contributed by atoms with Crippen molar-refractivity contribution < 1.29 is 4.90 Å². The zero-order chi connectivity index (χ0) is 18.1. The van der Waals surface area contributed by atoms with Crippen LogP contribution in [-0.4, -0.2) is 53.0 Å². The molecule has 1 fully saturated rings. The van der Waals surface area contributed by atoms with Crippen molar-refractivity contribution in [2.45, 2.75) is 13.8 Å². The lowest BCUT2D eigenvalue weighted by molar-refractivity contribution is -0.880. The Morgan fingerprint density at radius 2 is 1.62 bits per heavy atom. The van der Waals surface area contributed by atoms with E-state index in [1.54, 1.807) is 4.90 Å². The van der Waals surface area contributed by atoms with Gasteiger partial charge in [0.05, 0.1) is 38.9 Å². The first-order valence-corrected chi connectivity index (χ1v) is 9.14. The van der Waals surface area contributed by atoms with Gasteiger partial charge in [-0.15, -0.1) is 0 Å². The Bertz CT molecular complexity index is 894.